The highest BCUT2D eigenvalue weighted by atomic mass is 79.9. The highest BCUT2D eigenvalue weighted by Gasteiger charge is 2.20. The first-order chi connectivity index (χ1) is 6.34. The van der Waals surface area contributed by atoms with Crippen LogP contribution in [0.25, 0.3) is 0 Å². The molecule has 2 rings (SSSR count). The molecule has 1 nitrogen and oxygen atoms in total. The number of hydrogen-bond acceptors (Lipinski definition) is 2. The van der Waals surface area contributed by atoms with Crippen LogP contribution in [0.15, 0.2) is 11.6 Å². The van der Waals surface area contributed by atoms with Crippen LogP contribution in [0.4, 0.5) is 0 Å². The van der Waals surface area contributed by atoms with Gasteiger partial charge in [-0.05, 0) is 25.2 Å². The van der Waals surface area contributed by atoms with Crippen molar-refractivity contribution < 1.29 is 0 Å². The van der Waals surface area contributed by atoms with Crippen molar-refractivity contribution in [1.29, 1.82) is 0 Å². The number of nitrogens with zero attached hydrogens (tertiary/aromatic N) is 1. The number of hydrogen-bond donors (Lipinski definition) is 0. The fourth-order valence-electron chi connectivity index (χ4n) is 2.01. The van der Waals surface area contributed by atoms with Crippen molar-refractivity contribution in [2.24, 2.45) is 5.92 Å². The summed E-state index contributed by atoms with van der Waals surface area (Å²) in [5.41, 5.74) is 0. The molecule has 0 radical (unpaired) electrons. The number of rotatable bonds is 2. The molecule has 3 heteroatoms. The van der Waals surface area contributed by atoms with E-state index in [1.54, 1.807) is 11.3 Å². The monoisotopic (exact) mass is 259 g/mol. The summed E-state index contributed by atoms with van der Waals surface area (Å²) in [7, 11) is 0. The molecule has 1 aliphatic carbocycles. The van der Waals surface area contributed by atoms with Gasteiger partial charge in [0.2, 0.25) is 0 Å². The third kappa shape index (κ3) is 2.78. The predicted octanol–water partition coefficient (Wildman–Crippen LogP) is 3.64. The number of halogens is 1. The van der Waals surface area contributed by atoms with Crippen LogP contribution in [0.2, 0.25) is 0 Å². The summed E-state index contributed by atoms with van der Waals surface area (Å²) in [4.78, 5) is 5.09. The van der Waals surface area contributed by atoms with Crippen molar-refractivity contribution in [2.75, 3.05) is 0 Å². The highest BCUT2D eigenvalue weighted by Crippen LogP contribution is 2.31. The molecular weight excluding hydrogens is 246 g/mol. The summed E-state index contributed by atoms with van der Waals surface area (Å²) >= 11 is 5.51. The van der Waals surface area contributed by atoms with Crippen LogP contribution in [0.3, 0.4) is 0 Å². The van der Waals surface area contributed by atoms with Crippen molar-refractivity contribution in [3.63, 3.8) is 0 Å². The maximum absolute atomic E-state index is 4.34. The van der Waals surface area contributed by atoms with Gasteiger partial charge < -0.3 is 0 Å². The van der Waals surface area contributed by atoms with E-state index in [1.165, 1.54) is 37.1 Å². The quantitative estimate of drug-likeness (QED) is 0.740. The Morgan fingerprint density at radius 1 is 1.54 bits per heavy atom. The SMILES string of the molecule is BrC1CCCC(Cc2nccs2)C1. The average molecular weight is 260 g/mol. The van der Waals surface area contributed by atoms with Gasteiger partial charge >= 0.3 is 0 Å². The minimum atomic E-state index is 0.756. The lowest BCUT2D eigenvalue weighted by atomic mass is 9.87. The van der Waals surface area contributed by atoms with Gasteiger partial charge in [-0.3, -0.25) is 0 Å². The summed E-state index contributed by atoms with van der Waals surface area (Å²) in [6.45, 7) is 0. The lowest BCUT2D eigenvalue weighted by Gasteiger charge is -2.24. The second-order valence-corrected chi connectivity index (χ2v) is 6.03. The third-order valence-electron chi connectivity index (χ3n) is 2.67. The Labute approximate surface area is 91.7 Å². The predicted molar refractivity (Wildman–Crippen MR) is 60.5 cm³/mol. The molecule has 1 aromatic heterocycles. The third-order valence-corrected chi connectivity index (χ3v) is 4.30. The van der Waals surface area contributed by atoms with E-state index >= 15 is 0 Å². The molecule has 1 aromatic rings. The molecule has 2 atom stereocenters. The van der Waals surface area contributed by atoms with Gasteiger partial charge in [0, 0.05) is 22.8 Å². The van der Waals surface area contributed by atoms with Gasteiger partial charge in [0.15, 0.2) is 0 Å². The van der Waals surface area contributed by atoms with Gasteiger partial charge in [-0.1, -0.05) is 22.4 Å². The lowest BCUT2D eigenvalue weighted by molar-refractivity contribution is 0.367. The highest BCUT2D eigenvalue weighted by molar-refractivity contribution is 9.09. The first kappa shape index (κ1) is 9.66. The lowest BCUT2D eigenvalue weighted by Crippen LogP contribution is -2.16. The van der Waals surface area contributed by atoms with Crippen LogP contribution >= 0.6 is 27.3 Å². The van der Waals surface area contributed by atoms with E-state index in [4.69, 9.17) is 0 Å². The first-order valence-corrected chi connectivity index (χ1v) is 6.66. The minimum absolute atomic E-state index is 0.756. The molecule has 0 N–H and O–H groups in total. The summed E-state index contributed by atoms with van der Waals surface area (Å²) in [5, 5.41) is 3.38. The Balaban J connectivity index is 1.87. The first-order valence-electron chi connectivity index (χ1n) is 4.87. The van der Waals surface area contributed by atoms with Crippen LogP contribution in [-0.2, 0) is 6.42 Å². The Morgan fingerprint density at radius 3 is 3.15 bits per heavy atom. The Hall–Kier alpha value is 0.110. The Kier molecular flexibility index (Phi) is 3.39. The van der Waals surface area contributed by atoms with E-state index in [0.29, 0.717) is 0 Å². The van der Waals surface area contributed by atoms with Gasteiger partial charge in [0.05, 0.1) is 5.01 Å². The summed E-state index contributed by atoms with van der Waals surface area (Å²) < 4.78 is 0. The maximum atomic E-state index is 4.34. The van der Waals surface area contributed by atoms with E-state index in [0.717, 1.165) is 10.7 Å². The largest absolute Gasteiger partial charge is 0.250 e. The molecular formula is C10H14BrNS. The van der Waals surface area contributed by atoms with Crippen molar-refractivity contribution >= 4 is 27.3 Å². The van der Waals surface area contributed by atoms with E-state index in [-0.39, 0.29) is 0 Å². The van der Waals surface area contributed by atoms with Crippen LogP contribution in [-0.4, -0.2) is 9.81 Å². The van der Waals surface area contributed by atoms with Crippen molar-refractivity contribution in [2.45, 2.75) is 36.9 Å². The standard InChI is InChI=1S/C10H14BrNS/c11-9-3-1-2-8(6-9)7-10-12-4-5-13-10/h4-5,8-9H,1-3,6-7H2. The zero-order valence-corrected chi connectivity index (χ0v) is 9.98. The van der Waals surface area contributed by atoms with E-state index in [1.807, 2.05) is 6.20 Å². The fourth-order valence-corrected chi connectivity index (χ4v) is 3.60. The normalized spacial score (nSPS) is 29.0. The van der Waals surface area contributed by atoms with Gasteiger partial charge in [0.1, 0.15) is 0 Å². The van der Waals surface area contributed by atoms with Crippen LogP contribution in [0.5, 0.6) is 0 Å². The van der Waals surface area contributed by atoms with Gasteiger partial charge in [-0.15, -0.1) is 11.3 Å². The van der Waals surface area contributed by atoms with E-state index in [9.17, 15) is 0 Å². The molecule has 1 aliphatic rings. The summed E-state index contributed by atoms with van der Waals surface area (Å²) in [5.74, 6) is 0.865. The number of alkyl halides is 1. The zero-order valence-electron chi connectivity index (χ0n) is 7.58. The molecule has 0 spiro atoms. The minimum Gasteiger partial charge on any atom is -0.250 e. The van der Waals surface area contributed by atoms with Crippen molar-refractivity contribution in [3.05, 3.63) is 16.6 Å². The second-order valence-electron chi connectivity index (χ2n) is 3.76. The van der Waals surface area contributed by atoms with Gasteiger partial charge in [-0.25, -0.2) is 4.98 Å². The average Bonchev–Trinajstić information content (AvgIpc) is 2.57. The van der Waals surface area contributed by atoms with E-state index in [2.05, 4.69) is 26.3 Å². The maximum Gasteiger partial charge on any atom is 0.0927 e. The molecule has 1 saturated carbocycles. The Morgan fingerprint density at radius 2 is 2.46 bits per heavy atom. The van der Waals surface area contributed by atoms with Gasteiger partial charge in [-0.2, -0.15) is 0 Å². The molecule has 13 heavy (non-hydrogen) atoms. The fraction of sp³-hybridized carbons (Fsp3) is 0.700. The number of thiazole rings is 1. The smallest absolute Gasteiger partial charge is 0.0927 e. The van der Waals surface area contributed by atoms with Gasteiger partial charge in [0.25, 0.3) is 0 Å². The van der Waals surface area contributed by atoms with E-state index < -0.39 is 0 Å². The number of aromatic nitrogens is 1. The molecule has 72 valence electrons. The molecule has 1 heterocycles. The van der Waals surface area contributed by atoms with Crippen LogP contribution < -0.4 is 0 Å². The Bertz CT molecular complexity index is 247. The van der Waals surface area contributed by atoms with Crippen molar-refractivity contribution in [1.82, 2.24) is 4.98 Å². The topological polar surface area (TPSA) is 12.9 Å². The molecule has 1 fully saturated rings. The second kappa shape index (κ2) is 4.56. The molecule has 0 aromatic carbocycles. The summed E-state index contributed by atoms with van der Waals surface area (Å²) in [6.07, 6.45) is 8.57. The van der Waals surface area contributed by atoms with Crippen LogP contribution in [0, 0.1) is 5.92 Å². The van der Waals surface area contributed by atoms with Crippen molar-refractivity contribution in [3.8, 4) is 0 Å². The molecule has 0 saturated heterocycles. The molecule has 0 aliphatic heterocycles. The molecule has 0 bridgehead atoms. The summed E-state index contributed by atoms with van der Waals surface area (Å²) in [6, 6.07) is 0. The zero-order chi connectivity index (χ0) is 9.10. The van der Waals surface area contributed by atoms with Crippen LogP contribution in [0.1, 0.15) is 30.7 Å². The molecule has 2 unspecified atom stereocenters. The molecule has 0 amide bonds.